The first-order valence-electron chi connectivity index (χ1n) is 8.95. The van der Waals surface area contributed by atoms with E-state index in [0.29, 0.717) is 0 Å². The van der Waals surface area contributed by atoms with Crippen LogP contribution in [-0.2, 0) is 11.3 Å². The fraction of sp³-hybridized carbons (Fsp3) is 0.450. The highest BCUT2D eigenvalue weighted by Crippen LogP contribution is 2.32. The van der Waals surface area contributed by atoms with Gasteiger partial charge in [-0.15, -0.1) is 0 Å². The van der Waals surface area contributed by atoms with Crippen LogP contribution in [0.3, 0.4) is 0 Å². The van der Waals surface area contributed by atoms with Crippen LogP contribution in [0.15, 0.2) is 42.7 Å². The molecule has 6 heteroatoms. The molecule has 6 nitrogen and oxygen atoms in total. The summed E-state index contributed by atoms with van der Waals surface area (Å²) in [6, 6.07) is 10.5. The van der Waals surface area contributed by atoms with E-state index < -0.39 is 0 Å². The summed E-state index contributed by atoms with van der Waals surface area (Å²) in [5.74, 6) is 1.51. The molecule has 1 unspecified atom stereocenters. The van der Waals surface area contributed by atoms with Crippen molar-refractivity contribution in [3.63, 3.8) is 0 Å². The van der Waals surface area contributed by atoms with E-state index in [2.05, 4.69) is 27.3 Å². The molecule has 3 rings (SSSR count). The Labute approximate surface area is 155 Å². The summed E-state index contributed by atoms with van der Waals surface area (Å²) in [6.07, 6.45) is 3.65. The van der Waals surface area contributed by atoms with Gasteiger partial charge in [0.05, 0.1) is 27.4 Å². The third-order valence-corrected chi connectivity index (χ3v) is 4.69. The van der Waals surface area contributed by atoms with Gasteiger partial charge < -0.3 is 19.5 Å². The van der Waals surface area contributed by atoms with Gasteiger partial charge in [-0.3, -0.25) is 9.88 Å². The van der Waals surface area contributed by atoms with Crippen molar-refractivity contribution in [1.82, 2.24) is 15.2 Å². The van der Waals surface area contributed by atoms with Gasteiger partial charge in [0, 0.05) is 44.6 Å². The standard InChI is InChI=1S/C20H27N3O3/c1-24-19-4-3-17(13-20(19)25-2)18(23-9-11-26-12-10-23)15-22-14-16-5-7-21-8-6-16/h3-8,13,18,22H,9-12,14-15H2,1-2H3. The maximum atomic E-state index is 5.53. The minimum absolute atomic E-state index is 0.251. The van der Waals surface area contributed by atoms with Crippen LogP contribution in [0.4, 0.5) is 0 Å². The molecule has 0 aliphatic carbocycles. The number of aromatic nitrogens is 1. The number of methoxy groups -OCH3 is 2. The van der Waals surface area contributed by atoms with Crippen molar-refractivity contribution in [3.8, 4) is 11.5 Å². The van der Waals surface area contributed by atoms with Crippen molar-refractivity contribution in [2.75, 3.05) is 47.1 Å². The Morgan fingerprint density at radius 3 is 2.50 bits per heavy atom. The molecule has 0 bridgehead atoms. The van der Waals surface area contributed by atoms with E-state index in [0.717, 1.165) is 50.9 Å². The van der Waals surface area contributed by atoms with E-state index in [4.69, 9.17) is 14.2 Å². The molecule has 0 saturated carbocycles. The summed E-state index contributed by atoms with van der Waals surface area (Å²) in [5, 5.41) is 3.58. The first-order valence-corrected chi connectivity index (χ1v) is 8.95. The van der Waals surface area contributed by atoms with E-state index >= 15 is 0 Å². The fourth-order valence-corrected chi connectivity index (χ4v) is 3.26. The zero-order chi connectivity index (χ0) is 18.2. The number of nitrogens with zero attached hydrogens (tertiary/aromatic N) is 2. The molecule has 1 aliphatic heterocycles. The minimum Gasteiger partial charge on any atom is -0.493 e. The van der Waals surface area contributed by atoms with Gasteiger partial charge in [-0.05, 0) is 35.4 Å². The van der Waals surface area contributed by atoms with E-state index in [1.54, 1.807) is 14.2 Å². The lowest BCUT2D eigenvalue weighted by Gasteiger charge is -2.35. The second-order valence-corrected chi connectivity index (χ2v) is 6.26. The SMILES string of the molecule is COc1ccc(C(CNCc2ccncc2)N2CCOCC2)cc1OC. The Balaban J connectivity index is 1.74. The molecule has 0 spiro atoms. The van der Waals surface area contributed by atoms with Crippen LogP contribution in [0.5, 0.6) is 11.5 Å². The molecular formula is C20H27N3O3. The number of morpholine rings is 1. The van der Waals surface area contributed by atoms with Crippen LogP contribution in [0.2, 0.25) is 0 Å². The number of rotatable bonds is 8. The van der Waals surface area contributed by atoms with E-state index in [1.807, 2.05) is 30.6 Å². The summed E-state index contributed by atoms with van der Waals surface area (Å²) < 4.78 is 16.4. The van der Waals surface area contributed by atoms with Crippen molar-refractivity contribution in [1.29, 1.82) is 0 Å². The number of pyridine rings is 1. The monoisotopic (exact) mass is 357 g/mol. The molecule has 0 amide bonds. The van der Waals surface area contributed by atoms with Crippen LogP contribution in [0, 0.1) is 0 Å². The highest BCUT2D eigenvalue weighted by Gasteiger charge is 2.23. The largest absolute Gasteiger partial charge is 0.493 e. The van der Waals surface area contributed by atoms with Gasteiger partial charge in [0.1, 0.15) is 0 Å². The van der Waals surface area contributed by atoms with Gasteiger partial charge in [-0.25, -0.2) is 0 Å². The third kappa shape index (κ3) is 4.72. The maximum Gasteiger partial charge on any atom is 0.161 e. The van der Waals surface area contributed by atoms with Crippen LogP contribution in [0.25, 0.3) is 0 Å². The Morgan fingerprint density at radius 2 is 1.81 bits per heavy atom. The molecule has 1 atom stereocenters. The van der Waals surface area contributed by atoms with E-state index in [-0.39, 0.29) is 6.04 Å². The maximum absolute atomic E-state index is 5.53. The van der Waals surface area contributed by atoms with Crippen LogP contribution >= 0.6 is 0 Å². The molecule has 0 radical (unpaired) electrons. The topological polar surface area (TPSA) is 55.9 Å². The van der Waals surface area contributed by atoms with Gasteiger partial charge >= 0.3 is 0 Å². The van der Waals surface area contributed by atoms with Crippen LogP contribution < -0.4 is 14.8 Å². The predicted octanol–water partition coefficient (Wildman–Crippen LogP) is 2.26. The average Bonchev–Trinajstić information content (AvgIpc) is 2.72. The average molecular weight is 357 g/mol. The molecule has 1 saturated heterocycles. The zero-order valence-electron chi connectivity index (χ0n) is 15.5. The van der Waals surface area contributed by atoms with Crippen LogP contribution in [0.1, 0.15) is 17.2 Å². The number of hydrogen-bond acceptors (Lipinski definition) is 6. The van der Waals surface area contributed by atoms with E-state index in [9.17, 15) is 0 Å². The lowest BCUT2D eigenvalue weighted by molar-refractivity contribution is 0.0160. The number of ether oxygens (including phenoxy) is 3. The number of hydrogen-bond donors (Lipinski definition) is 1. The predicted molar refractivity (Wildman–Crippen MR) is 101 cm³/mol. The summed E-state index contributed by atoms with van der Waals surface area (Å²) >= 11 is 0. The van der Waals surface area contributed by atoms with Crippen molar-refractivity contribution in [3.05, 3.63) is 53.9 Å². The summed E-state index contributed by atoms with van der Waals surface area (Å²) in [4.78, 5) is 6.53. The van der Waals surface area contributed by atoms with E-state index in [1.165, 1.54) is 11.1 Å². The van der Waals surface area contributed by atoms with Crippen molar-refractivity contribution in [2.45, 2.75) is 12.6 Å². The summed E-state index contributed by atoms with van der Waals surface area (Å²) in [7, 11) is 3.33. The Hall–Kier alpha value is -2.15. The highest BCUT2D eigenvalue weighted by atomic mass is 16.5. The van der Waals surface area contributed by atoms with Gasteiger partial charge in [-0.2, -0.15) is 0 Å². The van der Waals surface area contributed by atoms with Crippen LogP contribution in [-0.4, -0.2) is 57.0 Å². The van der Waals surface area contributed by atoms with Crippen molar-refractivity contribution in [2.24, 2.45) is 0 Å². The first-order chi connectivity index (χ1) is 12.8. The molecule has 1 aromatic carbocycles. The number of nitrogens with one attached hydrogen (secondary N) is 1. The molecule has 140 valence electrons. The molecule has 1 aromatic heterocycles. The molecular weight excluding hydrogens is 330 g/mol. The molecule has 26 heavy (non-hydrogen) atoms. The first kappa shape index (κ1) is 18.6. The quantitative estimate of drug-likeness (QED) is 0.782. The third-order valence-electron chi connectivity index (χ3n) is 4.69. The van der Waals surface area contributed by atoms with Gasteiger partial charge in [0.2, 0.25) is 0 Å². The lowest BCUT2D eigenvalue weighted by atomic mass is 10.0. The summed E-state index contributed by atoms with van der Waals surface area (Å²) in [6.45, 7) is 5.06. The zero-order valence-corrected chi connectivity index (χ0v) is 15.5. The highest BCUT2D eigenvalue weighted by molar-refractivity contribution is 5.44. The Bertz CT molecular complexity index is 675. The molecule has 1 aliphatic rings. The molecule has 2 heterocycles. The summed E-state index contributed by atoms with van der Waals surface area (Å²) in [5.41, 5.74) is 2.44. The Morgan fingerprint density at radius 1 is 1.08 bits per heavy atom. The smallest absolute Gasteiger partial charge is 0.161 e. The van der Waals surface area contributed by atoms with Gasteiger partial charge in [0.15, 0.2) is 11.5 Å². The fourth-order valence-electron chi connectivity index (χ4n) is 3.26. The van der Waals surface area contributed by atoms with Gasteiger partial charge in [-0.1, -0.05) is 6.07 Å². The lowest BCUT2D eigenvalue weighted by Crippen LogP contribution is -2.42. The Kier molecular flexibility index (Phi) is 6.82. The molecule has 2 aromatic rings. The second kappa shape index (κ2) is 9.52. The second-order valence-electron chi connectivity index (χ2n) is 6.26. The van der Waals surface area contributed by atoms with Crippen molar-refractivity contribution < 1.29 is 14.2 Å². The minimum atomic E-state index is 0.251. The molecule has 1 fully saturated rings. The molecule has 1 N–H and O–H groups in total. The van der Waals surface area contributed by atoms with Crippen molar-refractivity contribution >= 4 is 0 Å². The van der Waals surface area contributed by atoms with Gasteiger partial charge in [0.25, 0.3) is 0 Å². The normalized spacial score (nSPS) is 16.2. The number of benzene rings is 1.